The van der Waals surface area contributed by atoms with Gasteiger partial charge in [0.2, 0.25) is 0 Å². The van der Waals surface area contributed by atoms with Crippen molar-refractivity contribution in [3.63, 3.8) is 0 Å². The second kappa shape index (κ2) is 6.21. The summed E-state index contributed by atoms with van der Waals surface area (Å²) in [6.45, 7) is 2.76. The van der Waals surface area contributed by atoms with E-state index in [2.05, 4.69) is 20.6 Å². The molecule has 22 heavy (non-hydrogen) atoms. The molecule has 0 saturated heterocycles. The van der Waals surface area contributed by atoms with Crippen LogP contribution in [0, 0.1) is 6.92 Å². The van der Waals surface area contributed by atoms with E-state index in [1.807, 2.05) is 30.5 Å². The zero-order valence-electron chi connectivity index (χ0n) is 12.1. The lowest BCUT2D eigenvalue weighted by molar-refractivity contribution is 0.0943. The Morgan fingerprint density at radius 3 is 2.95 bits per heavy atom. The maximum Gasteiger partial charge on any atom is 0.273 e. The molecule has 0 atom stereocenters. The van der Waals surface area contributed by atoms with Crippen LogP contribution in [0.4, 0.5) is 0 Å². The summed E-state index contributed by atoms with van der Waals surface area (Å²) in [7, 11) is 0. The molecule has 0 fully saturated rings. The number of amides is 1. The van der Waals surface area contributed by atoms with Crippen LogP contribution in [-0.4, -0.2) is 32.4 Å². The molecule has 0 aliphatic carbocycles. The summed E-state index contributed by atoms with van der Waals surface area (Å²) in [6.07, 6.45) is 3.59. The van der Waals surface area contributed by atoms with Crippen molar-refractivity contribution in [1.82, 2.24) is 25.2 Å². The van der Waals surface area contributed by atoms with Gasteiger partial charge in [0, 0.05) is 25.0 Å². The van der Waals surface area contributed by atoms with Gasteiger partial charge in [0.05, 0.1) is 12.2 Å². The number of hydrogen-bond acceptors (Lipinski definition) is 5. The van der Waals surface area contributed by atoms with E-state index >= 15 is 0 Å². The molecule has 1 amide bonds. The topological polar surface area (TPSA) is 85.8 Å². The molecule has 112 valence electrons. The molecule has 0 aliphatic heterocycles. The molecule has 1 N–H and O–H groups in total. The molecular weight excluding hydrogens is 282 g/mol. The number of rotatable bonds is 5. The van der Waals surface area contributed by atoms with Gasteiger partial charge in [-0.25, -0.2) is 0 Å². The van der Waals surface area contributed by atoms with Gasteiger partial charge in [0.1, 0.15) is 11.5 Å². The van der Waals surface area contributed by atoms with Crippen molar-refractivity contribution in [2.24, 2.45) is 0 Å². The van der Waals surface area contributed by atoms with Crippen molar-refractivity contribution >= 4 is 5.91 Å². The maximum absolute atomic E-state index is 11.8. The van der Waals surface area contributed by atoms with Gasteiger partial charge in [0.25, 0.3) is 5.91 Å². The average Bonchev–Trinajstić information content (AvgIpc) is 3.17. The van der Waals surface area contributed by atoms with Crippen LogP contribution in [0.15, 0.2) is 47.2 Å². The summed E-state index contributed by atoms with van der Waals surface area (Å²) in [5, 5.41) is 10.9. The summed E-state index contributed by atoms with van der Waals surface area (Å²) in [6, 6.07) is 9.18. The van der Waals surface area contributed by atoms with Crippen LogP contribution in [0.2, 0.25) is 0 Å². The Labute approximate surface area is 127 Å². The number of carbonyl (C=O) groups is 1. The minimum atomic E-state index is -0.256. The van der Waals surface area contributed by atoms with Gasteiger partial charge in [-0.05, 0) is 25.1 Å². The first-order chi connectivity index (χ1) is 10.7. The Morgan fingerprint density at radius 2 is 2.23 bits per heavy atom. The van der Waals surface area contributed by atoms with Crippen molar-refractivity contribution in [2.75, 3.05) is 6.54 Å². The van der Waals surface area contributed by atoms with E-state index in [0.29, 0.717) is 18.8 Å². The van der Waals surface area contributed by atoms with Crippen molar-refractivity contribution in [3.05, 3.63) is 54.2 Å². The molecule has 7 heteroatoms. The summed E-state index contributed by atoms with van der Waals surface area (Å²) in [5.74, 6) is 0.353. The highest BCUT2D eigenvalue weighted by Crippen LogP contribution is 2.12. The summed E-state index contributed by atoms with van der Waals surface area (Å²) in [4.78, 5) is 16.1. The van der Waals surface area contributed by atoms with Crippen LogP contribution >= 0.6 is 0 Å². The van der Waals surface area contributed by atoms with Crippen LogP contribution in [0.5, 0.6) is 0 Å². The Bertz CT molecular complexity index is 763. The number of aryl methyl sites for hydroxylation is 1. The Morgan fingerprint density at radius 1 is 1.32 bits per heavy atom. The normalized spacial score (nSPS) is 10.6. The van der Waals surface area contributed by atoms with E-state index in [1.54, 1.807) is 23.9 Å². The first kappa shape index (κ1) is 14.0. The smallest absolute Gasteiger partial charge is 0.273 e. The lowest BCUT2D eigenvalue weighted by Gasteiger charge is -2.03. The van der Waals surface area contributed by atoms with Gasteiger partial charge >= 0.3 is 0 Å². The van der Waals surface area contributed by atoms with E-state index in [-0.39, 0.29) is 11.6 Å². The van der Waals surface area contributed by atoms with Gasteiger partial charge in [-0.15, -0.1) is 0 Å². The number of hydrogen-bond donors (Lipinski definition) is 1. The second-order valence-electron chi connectivity index (χ2n) is 4.76. The van der Waals surface area contributed by atoms with Crippen molar-refractivity contribution < 1.29 is 9.32 Å². The Kier molecular flexibility index (Phi) is 3.95. The predicted molar refractivity (Wildman–Crippen MR) is 79.0 cm³/mol. The van der Waals surface area contributed by atoms with Crippen LogP contribution in [0.3, 0.4) is 0 Å². The van der Waals surface area contributed by atoms with E-state index in [4.69, 9.17) is 4.52 Å². The van der Waals surface area contributed by atoms with E-state index in [1.165, 1.54) is 0 Å². The van der Waals surface area contributed by atoms with Crippen LogP contribution < -0.4 is 5.32 Å². The number of nitrogens with zero attached hydrogens (tertiary/aromatic N) is 4. The third kappa shape index (κ3) is 3.20. The molecule has 3 heterocycles. The summed E-state index contributed by atoms with van der Waals surface area (Å²) >= 11 is 0. The fourth-order valence-electron chi connectivity index (χ4n) is 1.99. The molecule has 0 radical (unpaired) electrons. The van der Waals surface area contributed by atoms with Crippen molar-refractivity contribution in [2.45, 2.75) is 13.5 Å². The van der Waals surface area contributed by atoms with Crippen LogP contribution in [0.25, 0.3) is 11.4 Å². The summed E-state index contributed by atoms with van der Waals surface area (Å²) in [5.41, 5.74) is 1.91. The van der Waals surface area contributed by atoms with Crippen LogP contribution in [0.1, 0.15) is 16.2 Å². The van der Waals surface area contributed by atoms with Crippen molar-refractivity contribution in [3.8, 4) is 11.4 Å². The highest BCUT2D eigenvalue weighted by atomic mass is 16.5. The number of nitrogens with one attached hydrogen (secondary N) is 1. The van der Waals surface area contributed by atoms with Gasteiger partial charge in [-0.1, -0.05) is 11.2 Å². The molecule has 0 aromatic carbocycles. The molecule has 7 nitrogen and oxygen atoms in total. The number of aromatic nitrogens is 4. The minimum absolute atomic E-state index is 0.256. The molecule has 0 unspecified atom stereocenters. The quantitative estimate of drug-likeness (QED) is 0.774. The fourth-order valence-corrected chi connectivity index (χ4v) is 1.99. The summed E-state index contributed by atoms with van der Waals surface area (Å²) < 4.78 is 6.63. The standard InChI is InChI=1S/C15H15N5O2/c1-11-10-14(19-22-11)15(21)17-7-9-20-8-5-13(18-20)12-4-2-3-6-16-12/h2-6,8,10H,7,9H2,1H3,(H,17,21). The highest BCUT2D eigenvalue weighted by molar-refractivity contribution is 5.92. The van der Waals surface area contributed by atoms with E-state index < -0.39 is 0 Å². The second-order valence-corrected chi connectivity index (χ2v) is 4.76. The largest absolute Gasteiger partial charge is 0.361 e. The number of pyridine rings is 1. The molecule has 3 rings (SSSR count). The van der Waals surface area contributed by atoms with Gasteiger partial charge in [0.15, 0.2) is 5.69 Å². The average molecular weight is 297 g/mol. The Hall–Kier alpha value is -2.96. The van der Waals surface area contributed by atoms with Crippen LogP contribution in [-0.2, 0) is 6.54 Å². The fraction of sp³-hybridized carbons (Fsp3) is 0.200. The third-order valence-electron chi connectivity index (χ3n) is 3.06. The molecule has 0 saturated carbocycles. The molecule has 3 aromatic heterocycles. The highest BCUT2D eigenvalue weighted by Gasteiger charge is 2.10. The molecule has 0 spiro atoms. The first-order valence-corrected chi connectivity index (χ1v) is 6.89. The zero-order chi connectivity index (χ0) is 15.4. The first-order valence-electron chi connectivity index (χ1n) is 6.89. The van der Waals surface area contributed by atoms with Gasteiger partial charge < -0.3 is 9.84 Å². The maximum atomic E-state index is 11.8. The van der Waals surface area contributed by atoms with E-state index in [0.717, 1.165) is 11.4 Å². The van der Waals surface area contributed by atoms with Crippen molar-refractivity contribution in [1.29, 1.82) is 0 Å². The van der Waals surface area contributed by atoms with Gasteiger partial charge in [-0.2, -0.15) is 5.10 Å². The Balaban J connectivity index is 1.54. The number of carbonyl (C=O) groups excluding carboxylic acids is 1. The monoisotopic (exact) mass is 297 g/mol. The lowest BCUT2D eigenvalue weighted by atomic mass is 10.3. The molecule has 3 aromatic rings. The van der Waals surface area contributed by atoms with E-state index in [9.17, 15) is 4.79 Å². The molecule has 0 aliphatic rings. The molecule has 0 bridgehead atoms. The van der Waals surface area contributed by atoms with Gasteiger partial charge in [-0.3, -0.25) is 14.5 Å². The lowest BCUT2D eigenvalue weighted by Crippen LogP contribution is -2.27. The predicted octanol–water partition coefficient (Wildman–Crippen LogP) is 1.67. The SMILES string of the molecule is Cc1cc(C(=O)NCCn2ccc(-c3ccccn3)n2)no1. The minimum Gasteiger partial charge on any atom is -0.361 e. The third-order valence-corrected chi connectivity index (χ3v) is 3.06. The molecular formula is C15H15N5O2. The zero-order valence-corrected chi connectivity index (χ0v) is 12.1.